The third-order valence-corrected chi connectivity index (χ3v) is 4.60. The molecule has 1 aliphatic heterocycles. The van der Waals surface area contributed by atoms with Gasteiger partial charge in [-0.05, 0) is 25.0 Å². The van der Waals surface area contributed by atoms with E-state index in [0.29, 0.717) is 11.4 Å². The standard InChI is InChI=1S/C17H23N3O3/c1-23-15-9-5-4-8-13(15)19-16(21)10-14-17(22)20-12-7-3-2-6-11(12)18-14/h4-5,8-9,11-12,14,18H,2-3,6-7,10H2,1H3,(H,19,21)(H,20,22)/t11-,12+,14+/m1/s1. The molecule has 3 rings (SSSR count). The predicted molar refractivity (Wildman–Crippen MR) is 87.4 cm³/mol. The van der Waals surface area contributed by atoms with Crippen molar-refractivity contribution in [1.82, 2.24) is 10.6 Å². The van der Waals surface area contributed by atoms with Crippen LogP contribution >= 0.6 is 0 Å². The molecule has 0 spiro atoms. The number of fused-ring (bicyclic) bond motifs is 1. The summed E-state index contributed by atoms with van der Waals surface area (Å²) < 4.78 is 5.22. The predicted octanol–water partition coefficient (Wildman–Crippen LogP) is 1.42. The molecule has 0 radical (unpaired) electrons. The lowest BCUT2D eigenvalue weighted by Gasteiger charge is -2.40. The van der Waals surface area contributed by atoms with Crippen molar-refractivity contribution >= 4 is 17.5 Å². The van der Waals surface area contributed by atoms with E-state index in [1.807, 2.05) is 12.1 Å². The van der Waals surface area contributed by atoms with Crippen molar-refractivity contribution in [2.75, 3.05) is 12.4 Å². The summed E-state index contributed by atoms with van der Waals surface area (Å²) in [4.78, 5) is 24.4. The van der Waals surface area contributed by atoms with Crippen molar-refractivity contribution in [2.45, 2.75) is 50.2 Å². The van der Waals surface area contributed by atoms with E-state index < -0.39 is 6.04 Å². The number of hydrogen-bond donors (Lipinski definition) is 3. The van der Waals surface area contributed by atoms with Gasteiger partial charge in [-0.3, -0.25) is 9.59 Å². The molecule has 1 saturated carbocycles. The Morgan fingerprint density at radius 2 is 2.00 bits per heavy atom. The van der Waals surface area contributed by atoms with Gasteiger partial charge in [-0.15, -0.1) is 0 Å². The number of methoxy groups -OCH3 is 1. The first kappa shape index (κ1) is 15.8. The zero-order chi connectivity index (χ0) is 16.2. The number of carbonyl (C=O) groups is 2. The fourth-order valence-electron chi connectivity index (χ4n) is 3.41. The maximum atomic E-state index is 12.3. The van der Waals surface area contributed by atoms with Crippen LogP contribution in [0.1, 0.15) is 32.1 Å². The molecule has 1 aromatic carbocycles. The number of rotatable bonds is 4. The third kappa shape index (κ3) is 3.64. The minimum Gasteiger partial charge on any atom is -0.495 e. The Labute approximate surface area is 136 Å². The summed E-state index contributed by atoms with van der Waals surface area (Å²) in [6.07, 6.45) is 4.51. The minimum absolute atomic E-state index is 0.0803. The monoisotopic (exact) mass is 317 g/mol. The number of hydrogen-bond acceptors (Lipinski definition) is 4. The van der Waals surface area contributed by atoms with Gasteiger partial charge in [0.1, 0.15) is 5.75 Å². The van der Waals surface area contributed by atoms with Crippen LogP contribution in [0, 0.1) is 0 Å². The first-order chi connectivity index (χ1) is 11.2. The van der Waals surface area contributed by atoms with E-state index in [-0.39, 0.29) is 30.3 Å². The van der Waals surface area contributed by atoms with Crippen molar-refractivity contribution in [3.8, 4) is 5.75 Å². The third-order valence-electron chi connectivity index (χ3n) is 4.60. The van der Waals surface area contributed by atoms with E-state index >= 15 is 0 Å². The number of benzene rings is 1. The van der Waals surface area contributed by atoms with Gasteiger partial charge >= 0.3 is 0 Å². The van der Waals surface area contributed by atoms with Crippen LogP contribution in [0.2, 0.25) is 0 Å². The SMILES string of the molecule is COc1ccccc1NC(=O)C[C@@H]1N[C@@H]2CCCC[C@@H]2NC1=O. The van der Waals surface area contributed by atoms with Crippen LogP contribution in [0.25, 0.3) is 0 Å². The fraction of sp³-hybridized carbons (Fsp3) is 0.529. The van der Waals surface area contributed by atoms with Crippen LogP contribution < -0.4 is 20.7 Å². The molecule has 2 amide bonds. The van der Waals surface area contributed by atoms with Crippen molar-refractivity contribution in [1.29, 1.82) is 0 Å². The minimum atomic E-state index is -0.468. The van der Waals surface area contributed by atoms with Gasteiger partial charge in [0.15, 0.2) is 0 Å². The van der Waals surface area contributed by atoms with Crippen molar-refractivity contribution in [3.63, 3.8) is 0 Å². The fourth-order valence-corrected chi connectivity index (χ4v) is 3.41. The van der Waals surface area contributed by atoms with Crippen molar-refractivity contribution < 1.29 is 14.3 Å². The molecule has 1 aromatic rings. The first-order valence-corrected chi connectivity index (χ1v) is 8.16. The molecule has 1 heterocycles. The Balaban J connectivity index is 1.60. The summed E-state index contributed by atoms with van der Waals surface area (Å²) in [5.74, 6) is 0.328. The van der Waals surface area contributed by atoms with Gasteiger partial charge in [0.25, 0.3) is 0 Å². The number of piperazine rings is 1. The summed E-state index contributed by atoms with van der Waals surface area (Å²) in [5, 5.41) is 9.22. The van der Waals surface area contributed by atoms with Crippen LogP contribution in [0.4, 0.5) is 5.69 Å². The van der Waals surface area contributed by atoms with Gasteiger partial charge in [-0.25, -0.2) is 0 Å². The lowest BCUT2D eigenvalue weighted by atomic mass is 9.87. The van der Waals surface area contributed by atoms with E-state index in [4.69, 9.17) is 4.74 Å². The molecule has 0 aromatic heterocycles. The molecule has 1 aliphatic carbocycles. The number of anilines is 1. The second-order valence-electron chi connectivity index (χ2n) is 6.18. The molecule has 6 nitrogen and oxygen atoms in total. The largest absolute Gasteiger partial charge is 0.495 e. The number of para-hydroxylation sites is 2. The average Bonchev–Trinajstić information content (AvgIpc) is 2.56. The van der Waals surface area contributed by atoms with Crippen LogP contribution in [-0.2, 0) is 9.59 Å². The second-order valence-corrected chi connectivity index (χ2v) is 6.18. The van der Waals surface area contributed by atoms with Gasteiger partial charge in [-0.1, -0.05) is 25.0 Å². The van der Waals surface area contributed by atoms with E-state index in [1.54, 1.807) is 19.2 Å². The molecule has 6 heteroatoms. The van der Waals surface area contributed by atoms with Crippen molar-refractivity contribution in [3.05, 3.63) is 24.3 Å². The Bertz CT molecular complexity index is 590. The quantitative estimate of drug-likeness (QED) is 0.785. The number of carbonyl (C=O) groups excluding carboxylic acids is 2. The van der Waals surface area contributed by atoms with E-state index in [9.17, 15) is 9.59 Å². The number of nitrogens with one attached hydrogen (secondary N) is 3. The van der Waals surface area contributed by atoms with E-state index in [0.717, 1.165) is 19.3 Å². The highest BCUT2D eigenvalue weighted by molar-refractivity contribution is 5.96. The molecule has 3 N–H and O–H groups in total. The zero-order valence-corrected chi connectivity index (χ0v) is 13.3. The maximum absolute atomic E-state index is 12.3. The molecule has 1 saturated heterocycles. The van der Waals surface area contributed by atoms with Crippen LogP contribution in [0.3, 0.4) is 0 Å². The lowest BCUT2D eigenvalue weighted by Crippen LogP contribution is -2.65. The summed E-state index contributed by atoms with van der Waals surface area (Å²) in [5.41, 5.74) is 0.617. The molecule has 2 aliphatic rings. The van der Waals surface area contributed by atoms with Crippen LogP contribution in [-0.4, -0.2) is 37.0 Å². The molecule has 2 fully saturated rings. The highest BCUT2D eigenvalue weighted by Crippen LogP contribution is 2.24. The molecule has 0 bridgehead atoms. The Kier molecular flexibility index (Phi) is 4.81. The summed E-state index contributed by atoms with van der Waals surface area (Å²) in [7, 11) is 1.56. The van der Waals surface area contributed by atoms with Crippen LogP contribution in [0.15, 0.2) is 24.3 Å². The summed E-state index contributed by atoms with van der Waals surface area (Å²) in [6, 6.07) is 7.26. The van der Waals surface area contributed by atoms with Crippen molar-refractivity contribution in [2.24, 2.45) is 0 Å². The summed E-state index contributed by atoms with van der Waals surface area (Å²) >= 11 is 0. The molecular formula is C17H23N3O3. The van der Waals surface area contributed by atoms with Gasteiger partial charge < -0.3 is 20.7 Å². The topological polar surface area (TPSA) is 79.5 Å². The molecular weight excluding hydrogens is 294 g/mol. The highest BCUT2D eigenvalue weighted by Gasteiger charge is 2.36. The second kappa shape index (κ2) is 7.00. The van der Waals surface area contributed by atoms with Gasteiger partial charge in [-0.2, -0.15) is 0 Å². The Morgan fingerprint density at radius 1 is 1.26 bits per heavy atom. The Morgan fingerprint density at radius 3 is 2.78 bits per heavy atom. The smallest absolute Gasteiger partial charge is 0.237 e. The van der Waals surface area contributed by atoms with E-state index in [1.165, 1.54) is 6.42 Å². The average molecular weight is 317 g/mol. The molecule has 0 unspecified atom stereocenters. The lowest BCUT2D eigenvalue weighted by molar-refractivity contribution is -0.129. The highest BCUT2D eigenvalue weighted by atomic mass is 16.5. The summed E-state index contributed by atoms with van der Waals surface area (Å²) in [6.45, 7) is 0. The van der Waals surface area contributed by atoms with Gasteiger partial charge in [0, 0.05) is 12.1 Å². The first-order valence-electron chi connectivity index (χ1n) is 8.16. The normalized spacial score (nSPS) is 26.8. The molecule has 124 valence electrons. The molecule has 3 atom stereocenters. The van der Waals surface area contributed by atoms with E-state index in [2.05, 4.69) is 16.0 Å². The van der Waals surface area contributed by atoms with Gasteiger partial charge in [0.05, 0.1) is 25.3 Å². The number of amides is 2. The number of ether oxygens (including phenoxy) is 1. The van der Waals surface area contributed by atoms with Gasteiger partial charge in [0.2, 0.25) is 11.8 Å². The Hall–Kier alpha value is -2.08. The maximum Gasteiger partial charge on any atom is 0.237 e. The zero-order valence-electron chi connectivity index (χ0n) is 13.3. The van der Waals surface area contributed by atoms with Crippen LogP contribution in [0.5, 0.6) is 5.75 Å². The molecule has 23 heavy (non-hydrogen) atoms.